The van der Waals surface area contributed by atoms with Crippen molar-refractivity contribution in [3.63, 3.8) is 0 Å². The summed E-state index contributed by atoms with van der Waals surface area (Å²) in [6.45, 7) is 13.7. The lowest BCUT2D eigenvalue weighted by Crippen LogP contribution is -2.45. The average molecular weight is 474 g/mol. The number of nitrogens with zero attached hydrogens (tertiary/aromatic N) is 5. The lowest BCUT2D eigenvalue weighted by atomic mass is 10.1. The van der Waals surface area contributed by atoms with Gasteiger partial charge in [-0.3, -0.25) is 4.79 Å². The van der Waals surface area contributed by atoms with Gasteiger partial charge in [-0.05, 0) is 56.1 Å². The Morgan fingerprint density at radius 2 is 1.66 bits per heavy atom. The van der Waals surface area contributed by atoms with Crippen LogP contribution >= 0.6 is 0 Å². The van der Waals surface area contributed by atoms with Crippen LogP contribution in [0.15, 0.2) is 54.6 Å². The largest absolute Gasteiger partial charge is 0.354 e. The van der Waals surface area contributed by atoms with Crippen molar-refractivity contribution in [2.24, 2.45) is 5.92 Å². The SMILES string of the molecule is CCc1ccc(C(=O)N(Cc2c(C)nn(-c3ccccc3)c2N2CCN(C)CC2)CC(C)C)cc1. The molecule has 2 heterocycles. The van der Waals surface area contributed by atoms with Gasteiger partial charge < -0.3 is 14.7 Å². The van der Waals surface area contributed by atoms with Gasteiger partial charge in [0.1, 0.15) is 5.82 Å². The van der Waals surface area contributed by atoms with Crippen molar-refractivity contribution in [2.75, 3.05) is 44.7 Å². The summed E-state index contributed by atoms with van der Waals surface area (Å²) in [6.07, 6.45) is 0.969. The van der Waals surface area contributed by atoms with Crippen LogP contribution in [0.2, 0.25) is 0 Å². The summed E-state index contributed by atoms with van der Waals surface area (Å²) in [4.78, 5) is 20.5. The summed E-state index contributed by atoms with van der Waals surface area (Å²) in [5.74, 6) is 1.56. The molecule has 186 valence electrons. The molecule has 1 fully saturated rings. The number of anilines is 1. The summed E-state index contributed by atoms with van der Waals surface area (Å²) >= 11 is 0. The van der Waals surface area contributed by atoms with Gasteiger partial charge in [0.2, 0.25) is 0 Å². The third-order valence-electron chi connectivity index (χ3n) is 6.79. The summed E-state index contributed by atoms with van der Waals surface area (Å²) < 4.78 is 2.07. The Labute approximate surface area is 210 Å². The fourth-order valence-corrected chi connectivity index (χ4v) is 4.74. The van der Waals surface area contributed by atoms with Crippen molar-refractivity contribution < 1.29 is 4.79 Å². The van der Waals surface area contributed by atoms with Crippen LogP contribution in [0.3, 0.4) is 0 Å². The predicted octanol–water partition coefficient (Wildman–Crippen LogP) is 4.79. The number of para-hydroxylation sites is 1. The van der Waals surface area contributed by atoms with E-state index in [1.807, 2.05) is 35.2 Å². The minimum atomic E-state index is 0.0811. The molecular formula is C29H39N5O. The molecule has 6 heteroatoms. The Balaban J connectivity index is 1.73. The molecule has 1 aliphatic heterocycles. The van der Waals surface area contributed by atoms with Crippen LogP contribution in [0.1, 0.15) is 48.0 Å². The monoisotopic (exact) mass is 473 g/mol. The van der Waals surface area contributed by atoms with E-state index in [0.29, 0.717) is 19.0 Å². The molecule has 0 saturated carbocycles. The summed E-state index contributed by atoms with van der Waals surface area (Å²) in [5, 5.41) is 4.99. The van der Waals surface area contributed by atoms with E-state index in [9.17, 15) is 4.79 Å². The molecule has 0 bridgehead atoms. The lowest BCUT2D eigenvalue weighted by Gasteiger charge is -2.35. The van der Waals surface area contributed by atoms with Crippen LogP contribution in [0.4, 0.5) is 5.82 Å². The topological polar surface area (TPSA) is 44.6 Å². The highest BCUT2D eigenvalue weighted by Gasteiger charge is 2.27. The number of likely N-dealkylation sites (N-methyl/N-ethyl adjacent to an activating group) is 1. The molecule has 1 saturated heterocycles. The first-order valence-corrected chi connectivity index (χ1v) is 12.8. The van der Waals surface area contributed by atoms with Gasteiger partial charge >= 0.3 is 0 Å². The number of hydrogen-bond acceptors (Lipinski definition) is 4. The van der Waals surface area contributed by atoms with Gasteiger partial charge in [-0.25, -0.2) is 4.68 Å². The number of piperazine rings is 1. The third kappa shape index (κ3) is 5.76. The summed E-state index contributed by atoms with van der Waals surface area (Å²) in [7, 11) is 2.17. The standard InChI is InChI=1S/C29H39N5O/c1-6-24-12-14-25(15-13-24)29(35)33(20-22(2)3)21-27-23(4)30-34(26-10-8-7-9-11-26)28(27)32-18-16-31(5)17-19-32/h7-15,22H,6,16-21H2,1-5H3. The maximum atomic E-state index is 13.7. The zero-order valence-electron chi connectivity index (χ0n) is 21.9. The first kappa shape index (κ1) is 25.0. The van der Waals surface area contributed by atoms with Crippen LogP contribution in [-0.2, 0) is 13.0 Å². The molecule has 0 atom stereocenters. The Kier molecular flexibility index (Phi) is 7.91. The molecule has 1 aromatic heterocycles. The third-order valence-corrected chi connectivity index (χ3v) is 6.79. The second-order valence-electron chi connectivity index (χ2n) is 10.1. The molecule has 35 heavy (non-hydrogen) atoms. The summed E-state index contributed by atoms with van der Waals surface area (Å²) in [6, 6.07) is 18.4. The van der Waals surface area contributed by atoms with Gasteiger partial charge in [0.25, 0.3) is 5.91 Å². The lowest BCUT2D eigenvalue weighted by molar-refractivity contribution is 0.0722. The number of benzene rings is 2. The van der Waals surface area contributed by atoms with Gasteiger partial charge in [-0.2, -0.15) is 5.10 Å². The van der Waals surface area contributed by atoms with E-state index in [0.717, 1.165) is 60.9 Å². The van der Waals surface area contributed by atoms with E-state index in [1.165, 1.54) is 5.56 Å². The zero-order valence-corrected chi connectivity index (χ0v) is 21.9. The first-order chi connectivity index (χ1) is 16.9. The van der Waals surface area contributed by atoms with Crippen LogP contribution in [0.5, 0.6) is 0 Å². The molecule has 0 N–H and O–H groups in total. The van der Waals surface area contributed by atoms with Gasteiger partial charge in [0, 0.05) is 43.9 Å². The minimum Gasteiger partial charge on any atom is -0.354 e. The van der Waals surface area contributed by atoms with Crippen molar-refractivity contribution in [1.82, 2.24) is 19.6 Å². The van der Waals surface area contributed by atoms with Crippen molar-refractivity contribution >= 4 is 11.7 Å². The van der Waals surface area contributed by atoms with Gasteiger partial charge in [0.05, 0.1) is 17.9 Å². The molecule has 6 nitrogen and oxygen atoms in total. The molecule has 4 rings (SSSR count). The second kappa shape index (κ2) is 11.1. The fourth-order valence-electron chi connectivity index (χ4n) is 4.74. The minimum absolute atomic E-state index is 0.0811. The molecule has 1 amide bonds. The molecule has 0 spiro atoms. The number of carbonyl (C=O) groups is 1. The van der Waals surface area contributed by atoms with E-state index in [1.54, 1.807) is 0 Å². The van der Waals surface area contributed by atoms with Crippen molar-refractivity contribution in [3.8, 4) is 5.69 Å². The number of aryl methyl sites for hydroxylation is 2. The van der Waals surface area contributed by atoms with Crippen LogP contribution < -0.4 is 4.90 Å². The number of aromatic nitrogens is 2. The van der Waals surface area contributed by atoms with Gasteiger partial charge in [-0.15, -0.1) is 0 Å². The average Bonchev–Trinajstić information content (AvgIpc) is 3.19. The van der Waals surface area contributed by atoms with E-state index in [4.69, 9.17) is 5.10 Å². The predicted molar refractivity (Wildman–Crippen MR) is 143 cm³/mol. The highest BCUT2D eigenvalue weighted by atomic mass is 16.2. The van der Waals surface area contributed by atoms with E-state index < -0.39 is 0 Å². The van der Waals surface area contributed by atoms with Crippen molar-refractivity contribution in [2.45, 2.75) is 40.7 Å². The molecule has 0 aliphatic carbocycles. The Bertz CT molecular complexity index is 1110. The molecule has 2 aromatic carbocycles. The van der Waals surface area contributed by atoms with Gasteiger partial charge in [0.15, 0.2) is 0 Å². The van der Waals surface area contributed by atoms with E-state index >= 15 is 0 Å². The number of carbonyl (C=O) groups excluding carboxylic acids is 1. The smallest absolute Gasteiger partial charge is 0.254 e. The van der Waals surface area contributed by atoms with Crippen LogP contribution in [0, 0.1) is 12.8 Å². The number of amides is 1. The highest BCUT2D eigenvalue weighted by Crippen LogP contribution is 2.30. The van der Waals surface area contributed by atoms with Crippen molar-refractivity contribution in [3.05, 3.63) is 77.0 Å². The summed E-state index contributed by atoms with van der Waals surface area (Å²) in [5.41, 5.74) is 5.15. The molecule has 3 aromatic rings. The van der Waals surface area contributed by atoms with Crippen LogP contribution in [-0.4, -0.2) is 65.3 Å². The molecule has 0 unspecified atom stereocenters. The Morgan fingerprint density at radius 1 is 1.00 bits per heavy atom. The molecule has 0 radical (unpaired) electrons. The Morgan fingerprint density at radius 3 is 2.26 bits per heavy atom. The van der Waals surface area contributed by atoms with E-state index in [2.05, 4.69) is 73.5 Å². The maximum Gasteiger partial charge on any atom is 0.254 e. The number of hydrogen-bond donors (Lipinski definition) is 0. The first-order valence-electron chi connectivity index (χ1n) is 12.8. The molecular weight excluding hydrogens is 434 g/mol. The Hall–Kier alpha value is -3.12. The fraction of sp³-hybridized carbons (Fsp3) is 0.448. The maximum absolute atomic E-state index is 13.7. The zero-order chi connectivity index (χ0) is 24.9. The van der Waals surface area contributed by atoms with Crippen LogP contribution in [0.25, 0.3) is 5.69 Å². The van der Waals surface area contributed by atoms with Crippen molar-refractivity contribution in [1.29, 1.82) is 0 Å². The highest BCUT2D eigenvalue weighted by molar-refractivity contribution is 5.94. The normalized spacial score (nSPS) is 14.5. The van der Waals surface area contributed by atoms with E-state index in [-0.39, 0.29) is 5.91 Å². The molecule has 1 aliphatic rings. The quantitative estimate of drug-likeness (QED) is 0.472. The van der Waals surface area contributed by atoms with Gasteiger partial charge in [-0.1, -0.05) is 51.1 Å². The second-order valence-corrected chi connectivity index (χ2v) is 10.1. The number of rotatable bonds is 8.